The summed E-state index contributed by atoms with van der Waals surface area (Å²) in [6, 6.07) is 6.81. The molecule has 0 bridgehead atoms. The highest BCUT2D eigenvalue weighted by atomic mass is 35.5. The van der Waals surface area contributed by atoms with Gasteiger partial charge in [-0.1, -0.05) is 23.4 Å². The van der Waals surface area contributed by atoms with E-state index in [0.717, 1.165) is 40.2 Å². The van der Waals surface area contributed by atoms with Crippen molar-refractivity contribution in [2.24, 2.45) is 19.1 Å². The van der Waals surface area contributed by atoms with Crippen molar-refractivity contribution in [3.63, 3.8) is 0 Å². The van der Waals surface area contributed by atoms with E-state index >= 15 is 0 Å². The first-order valence-corrected chi connectivity index (χ1v) is 11.3. The number of likely N-dealkylation sites (tertiary alicyclic amines) is 1. The number of aliphatic imine (C=N–C) groups is 1. The number of aromatic hydroxyl groups is 1. The quantitative estimate of drug-likeness (QED) is 0.554. The number of hydrogen-bond donors (Lipinski definition) is 1. The number of amides is 1. The zero-order valence-corrected chi connectivity index (χ0v) is 19.2. The van der Waals surface area contributed by atoms with Crippen LogP contribution in [-0.2, 0) is 18.9 Å². The molecular formula is C21H25ClN4O4S. The third-order valence-corrected chi connectivity index (χ3v) is 6.57. The molecule has 10 heteroatoms. The fraction of sp³-hybridized carbons (Fsp3) is 0.429. The van der Waals surface area contributed by atoms with Gasteiger partial charge in [0.1, 0.15) is 10.6 Å². The number of thioether (sulfide) groups is 1. The van der Waals surface area contributed by atoms with Crippen LogP contribution in [0.15, 0.2) is 38.8 Å². The predicted molar refractivity (Wildman–Crippen MR) is 124 cm³/mol. The number of carbonyl (C=O) groups excluding carboxylic acids is 1. The molecule has 1 aliphatic heterocycles. The minimum absolute atomic E-state index is 0.0536. The molecule has 1 amide bonds. The summed E-state index contributed by atoms with van der Waals surface area (Å²) in [4.78, 5) is 44.1. The highest BCUT2D eigenvalue weighted by Crippen LogP contribution is 2.25. The summed E-state index contributed by atoms with van der Waals surface area (Å²) in [5.41, 5.74) is -0.954. The minimum atomic E-state index is -0.681. The van der Waals surface area contributed by atoms with Crippen LogP contribution in [0.3, 0.4) is 0 Å². The lowest BCUT2D eigenvalue weighted by Gasteiger charge is -2.33. The van der Waals surface area contributed by atoms with Gasteiger partial charge >= 0.3 is 5.69 Å². The van der Waals surface area contributed by atoms with Crippen molar-refractivity contribution in [1.82, 2.24) is 14.0 Å². The second-order valence-electron chi connectivity index (χ2n) is 7.52. The number of benzene rings is 1. The predicted octanol–water partition coefficient (Wildman–Crippen LogP) is 2.66. The molecule has 1 aromatic carbocycles. The summed E-state index contributed by atoms with van der Waals surface area (Å²) >= 11 is 7.01. The molecule has 1 aromatic heterocycles. The van der Waals surface area contributed by atoms with Gasteiger partial charge in [0.15, 0.2) is 0 Å². The van der Waals surface area contributed by atoms with Gasteiger partial charge in [-0.2, -0.15) is 0 Å². The van der Waals surface area contributed by atoms with Gasteiger partial charge in [0.25, 0.3) is 5.56 Å². The summed E-state index contributed by atoms with van der Waals surface area (Å²) < 4.78 is 1.88. The van der Waals surface area contributed by atoms with E-state index in [2.05, 4.69) is 4.99 Å². The molecular weight excluding hydrogens is 440 g/mol. The van der Waals surface area contributed by atoms with Crippen LogP contribution in [0.4, 0.5) is 5.69 Å². The van der Waals surface area contributed by atoms with Crippen LogP contribution >= 0.6 is 23.4 Å². The van der Waals surface area contributed by atoms with Crippen molar-refractivity contribution in [2.45, 2.75) is 32.2 Å². The van der Waals surface area contributed by atoms with E-state index in [1.165, 1.54) is 14.1 Å². The molecule has 1 fully saturated rings. The van der Waals surface area contributed by atoms with Crippen molar-refractivity contribution < 1.29 is 9.90 Å². The molecule has 0 spiro atoms. The maximum atomic E-state index is 12.8. The molecule has 1 saturated heterocycles. The van der Waals surface area contributed by atoms with Crippen LogP contribution in [0, 0.1) is 0 Å². The Morgan fingerprint density at radius 1 is 1.19 bits per heavy atom. The zero-order valence-electron chi connectivity index (χ0n) is 17.7. The Morgan fingerprint density at radius 2 is 1.87 bits per heavy atom. The van der Waals surface area contributed by atoms with E-state index in [9.17, 15) is 19.5 Å². The number of rotatable bonds is 4. The number of hydrogen-bond acceptors (Lipinski definition) is 6. The molecule has 0 aliphatic carbocycles. The fourth-order valence-electron chi connectivity index (χ4n) is 3.50. The first-order valence-electron chi connectivity index (χ1n) is 9.96. The standard InChI is InChI=1S/C21H25ClN4O4S/c1-13-6-4-5-11-26(13)16(27)12-31-18(23-15-9-7-14(22)8-10-15)17-19(28)24(2)21(30)25(3)20(17)29/h7-10,13,28H,4-6,11-12H2,1-3H3. The number of carbonyl (C=O) groups is 1. The summed E-state index contributed by atoms with van der Waals surface area (Å²) in [5, 5.41) is 11.3. The first kappa shape index (κ1) is 23.1. The van der Waals surface area contributed by atoms with Crippen molar-refractivity contribution in [3.05, 3.63) is 55.7 Å². The molecule has 31 heavy (non-hydrogen) atoms. The average Bonchev–Trinajstić information content (AvgIpc) is 2.76. The van der Waals surface area contributed by atoms with Gasteiger partial charge in [0.05, 0.1) is 11.4 Å². The van der Waals surface area contributed by atoms with Crippen molar-refractivity contribution in [3.8, 4) is 5.88 Å². The lowest BCUT2D eigenvalue weighted by atomic mass is 10.0. The highest BCUT2D eigenvalue weighted by molar-refractivity contribution is 8.15. The summed E-state index contributed by atoms with van der Waals surface area (Å²) in [5.74, 6) is -0.489. The number of aromatic nitrogens is 2. The Balaban J connectivity index is 2.01. The van der Waals surface area contributed by atoms with E-state index in [1.807, 2.05) is 11.8 Å². The van der Waals surface area contributed by atoms with Crippen molar-refractivity contribution >= 4 is 40.0 Å². The molecule has 1 N–H and O–H groups in total. The highest BCUT2D eigenvalue weighted by Gasteiger charge is 2.26. The summed E-state index contributed by atoms with van der Waals surface area (Å²) in [6.45, 7) is 2.73. The van der Waals surface area contributed by atoms with Gasteiger partial charge < -0.3 is 10.0 Å². The third kappa shape index (κ3) is 5.04. The van der Waals surface area contributed by atoms with Gasteiger partial charge in [0, 0.05) is 31.7 Å². The molecule has 2 heterocycles. The first-order chi connectivity index (χ1) is 14.7. The Kier molecular flexibility index (Phi) is 7.27. The maximum Gasteiger partial charge on any atom is 0.333 e. The average molecular weight is 465 g/mol. The van der Waals surface area contributed by atoms with Crippen LogP contribution < -0.4 is 11.2 Å². The van der Waals surface area contributed by atoms with E-state index in [4.69, 9.17) is 11.6 Å². The molecule has 2 aromatic rings. The largest absolute Gasteiger partial charge is 0.494 e. The maximum absolute atomic E-state index is 12.8. The monoisotopic (exact) mass is 464 g/mol. The van der Waals surface area contributed by atoms with E-state index in [-0.39, 0.29) is 28.3 Å². The molecule has 8 nitrogen and oxygen atoms in total. The van der Waals surface area contributed by atoms with Gasteiger partial charge in [0.2, 0.25) is 11.8 Å². The van der Waals surface area contributed by atoms with Gasteiger partial charge in [-0.25, -0.2) is 9.79 Å². The zero-order chi connectivity index (χ0) is 22.7. The fourth-order valence-corrected chi connectivity index (χ4v) is 4.54. The molecule has 166 valence electrons. The SMILES string of the molecule is CC1CCCCN1C(=O)CSC(=Nc1ccc(Cl)cc1)c1c(O)n(C)c(=O)n(C)c1=O. The normalized spacial score (nSPS) is 17.1. The van der Waals surface area contributed by atoms with Crippen LogP contribution in [0.5, 0.6) is 5.88 Å². The summed E-state index contributed by atoms with van der Waals surface area (Å²) in [6.07, 6.45) is 3.03. The lowest BCUT2D eigenvalue weighted by Crippen LogP contribution is -2.43. The van der Waals surface area contributed by atoms with Gasteiger partial charge in [-0.3, -0.25) is 18.7 Å². The van der Waals surface area contributed by atoms with Crippen molar-refractivity contribution in [1.29, 1.82) is 0 Å². The van der Waals surface area contributed by atoms with Crippen LogP contribution in [0.2, 0.25) is 5.02 Å². The number of nitrogens with zero attached hydrogens (tertiary/aromatic N) is 4. The van der Waals surface area contributed by atoms with Crippen molar-refractivity contribution in [2.75, 3.05) is 12.3 Å². The van der Waals surface area contributed by atoms with Crippen LogP contribution in [0.1, 0.15) is 31.7 Å². The van der Waals surface area contributed by atoms with E-state index in [1.54, 1.807) is 24.3 Å². The Bertz CT molecular complexity index is 1120. The Labute approximate surface area is 189 Å². The topological polar surface area (TPSA) is 96.9 Å². The second kappa shape index (κ2) is 9.74. The van der Waals surface area contributed by atoms with E-state index < -0.39 is 17.1 Å². The molecule has 0 radical (unpaired) electrons. The van der Waals surface area contributed by atoms with Gasteiger partial charge in [-0.15, -0.1) is 0 Å². The molecule has 3 rings (SSSR count). The van der Waals surface area contributed by atoms with Crippen LogP contribution in [0.25, 0.3) is 0 Å². The smallest absolute Gasteiger partial charge is 0.333 e. The summed E-state index contributed by atoms with van der Waals surface area (Å²) in [7, 11) is 2.70. The van der Waals surface area contributed by atoms with E-state index in [0.29, 0.717) is 17.3 Å². The Morgan fingerprint density at radius 3 is 2.52 bits per heavy atom. The van der Waals surface area contributed by atoms with Crippen LogP contribution in [-0.4, -0.2) is 48.4 Å². The number of piperidine rings is 1. The minimum Gasteiger partial charge on any atom is -0.494 e. The molecule has 1 unspecified atom stereocenters. The second-order valence-corrected chi connectivity index (χ2v) is 8.92. The number of halogens is 1. The third-order valence-electron chi connectivity index (χ3n) is 5.36. The molecule has 1 aliphatic rings. The van der Waals surface area contributed by atoms with Gasteiger partial charge in [-0.05, 0) is 50.5 Å². The lowest BCUT2D eigenvalue weighted by molar-refractivity contribution is -0.131. The Hall–Kier alpha value is -2.52. The molecule has 1 atom stereocenters. The molecule has 0 saturated carbocycles.